The van der Waals surface area contributed by atoms with Crippen LogP contribution in [0.3, 0.4) is 0 Å². The van der Waals surface area contributed by atoms with Crippen LogP contribution in [0, 0.1) is 5.82 Å². The van der Waals surface area contributed by atoms with Gasteiger partial charge in [0, 0.05) is 35.8 Å². The van der Waals surface area contributed by atoms with Gasteiger partial charge in [0.25, 0.3) is 0 Å². The highest BCUT2D eigenvalue weighted by atomic mass is 19.1. The Labute approximate surface area is 188 Å². The number of benzene rings is 3. The number of allylic oxidation sites excluding steroid dienone is 1. The SMILES string of the molecule is COc1ccc2c(c1)c(/C=C1\Oc3cc(OC(=O)c4cccc(F)c4)ccc3C1=O)cn2C. The monoisotopic (exact) mass is 443 g/mol. The molecule has 1 aromatic heterocycles. The molecular weight excluding hydrogens is 425 g/mol. The average molecular weight is 443 g/mol. The van der Waals surface area contributed by atoms with Gasteiger partial charge in [0.1, 0.15) is 23.1 Å². The number of ether oxygens (including phenoxy) is 3. The number of rotatable bonds is 4. The highest BCUT2D eigenvalue weighted by Crippen LogP contribution is 2.36. The van der Waals surface area contributed by atoms with Gasteiger partial charge >= 0.3 is 5.97 Å². The van der Waals surface area contributed by atoms with Gasteiger partial charge in [-0.25, -0.2) is 9.18 Å². The summed E-state index contributed by atoms with van der Waals surface area (Å²) in [5.74, 6) is -0.171. The number of nitrogens with zero attached hydrogens (tertiary/aromatic N) is 1. The molecule has 0 N–H and O–H groups in total. The summed E-state index contributed by atoms with van der Waals surface area (Å²) in [6.07, 6.45) is 3.59. The van der Waals surface area contributed by atoms with Crippen molar-refractivity contribution in [2.75, 3.05) is 7.11 Å². The zero-order valence-electron chi connectivity index (χ0n) is 17.8. The van der Waals surface area contributed by atoms with E-state index in [1.165, 1.54) is 30.3 Å². The summed E-state index contributed by atoms with van der Waals surface area (Å²) in [6.45, 7) is 0. The van der Waals surface area contributed by atoms with Crippen molar-refractivity contribution in [2.45, 2.75) is 0 Å². The minimum Gasteiger partial charge on any atom is -0.497 e. The van der Waals surface area contributed by atoms with Crippen molar-refractivity contribution in [3.05, 3.63) is 95.1 Å². The summed E-state index contributed by atoms with van der Waals surface area (Å²) >= 11 is 0. The van der Waals surface area contributed by atoms with E-state index in [0.717, 1.165) is 22.5 Å². The molecule has 3 aromatic carbocycles. The number of hydrogen-bond donors (Lipinski definition) is 0. The predicted molar refractivity (Wildman–Crippen MR) is 120 cm³/mol. The van der Waals surface area contributed by atoms with Gasteiger partial charge in [0.15, 0.2) is 5.76 Å². The fourth-order valence-electron chi connectivity index (χ4n) is 3.80. The van der Waals surface area contributed by atoms with Gasteiger partial charge < -0.3 is 18.8 Å². The molecule has 7 heteroatoms. The van der Waals surface area contributed by atoms with E-state index in [1.54, 1.807) is 19.3 Å². The van der Waals surface area contributed by atoms with Crippen molar-refractivity contribution in [2.24, 2.45) is 7.05 Å². The van der Waals surface area contributed by atoms with Crippen LogP contribution in [0.4, 0.5) is 4.39 Å². The van der Waals surface area contributed by atoms with Crippen molar-refractivity contribution < 1.29 is 28.2 Å². The molecule has 1 aliphatic heterocycles. The lowest BCUT2D eigenvalue weighted by Crippen LogP contribution is -2.08. The lowest BCUT2D eigenvalue weighted by molar-refractivity contribution is 0.0734. The second-order valence-corrected chi connectivity index (χ2v) is 7.58. The number of esters is 1. The molecule has 33 heavy (non-hydrogen) atoms. The first-order chi connectivity index (χ1) is 15.9. The molecule has 0 unspecified atom stereocenters. The predicted octanol–water partition coefficient (Wildman–Crippen LogP) is 5.16. The first-order valence-electron chi connectivity index (χ1n) is 10.1. The van der Waals surface area contributed by atoms with Gasteiger partial charge in [-0.1, -0.05) is 6.07 Å². The van der Waals surface area contributed by atoms with Crippen molar-refractivity contribution in [3.63, 3.8) is 0 Å². The van der Waals surface area contributed by atoms with Crippen molar-refractivity contribution in [1.82, 2.24) is 4.57 Å². The standard InChI is InChI=1S/C26H18FNO5/c1-28-14-16(21-12-18(31-2)7-9-22(21)28)11-24-25(29)20-8-6-19(13-23(20)33-24)32-26(30)15-4-3-5-17(27)10-15/h3-14H,1-2H3/b24-11-. The fraction of sp³-hybridized carbons (Fsp3) is 0.0769. The van der Waals surface area contributed by atoms with Crippen LogP contribution in [-0.2, 0) is 7.05 Å². The van der Waals surface area contributed by atoms with Crippen LogP contribution in [0.1, 0.15) is 26.3 Å². The number of halogens is 1. The Morgan fingerprint density at radius 2 is 1.88 bits per heavy atom. The second kappa shape index (κ2) is 7.94. The van der Waals surface area contributed by atoms with E-state index in [0.29, 0.717) is 11.3 Å². The first kappa shape index (κ1) is 20.5. The lowest BCUT2D eigenvalue weighted by atomic mass is 10.1. The molecule has 0 bridgehead atoms. The number of carbonyl (C=O) groups is 2. The number of Topliss-reactive ketones (excluding diaryl/α,β-unsaturated/α-hetero) is 1. The third kappa shape index (κ3) is 3.74. The maximum atomic E-state index is 13.4. The molecule has 0 radical (unpaired) electrons. The first-order valence-corrected chi connectivity index (χ1v) is 10.1. The van der Waals surface area contributed by atoms with Crippen LogP contribution in [-0.4, -0.2) is 23.4 Å². The van der Waals surface area contributed by atoms with Gasteiger partial charge in [-0.15, -0.1) is 0 Å². The Hall–Kier alpha value is -4.39. The molecule has 2 heterocycles. The molecule has 164 valence electrons. The van der Waals surface area contributed by atoms with Gasteiger partial charge in [-0.2, -0.15) is 0 Å². The minimum atomic E-state index is -0.709. The van der Waals surface area contributed by atoms with Crippen LogP contribution in [0.5, 0.6) is 17.2 Å². The Balaban J connectivity index is 1.43. The van der Waals surface area contributed by atoms with E-state index in [2.05, 4.69) is 0 Å². The molecule has 6 nitrogen and oxygen atoms in total. The maximum absolute atomic E-state index is 13.4. The van der Waals surface area contributed by atoms with E-state index < -0.39 is 11.8 Å². The van der Waals surface area contributed by atoms with Crippen LogP contribution < -0.4 is 14.2 Å². The molecule has 5 rings (SSSR count). The summed E-state index contributed by atoms with van der Waals surface area (Å²) in [4.78, 5) is 25.2. The van der Waals surface area contributed by atoms with Gasteiger partial charge in [0.2, 0.25) is 5.78 Å². The van der Waals surface area contributed by atoms with Crippen LogP contribution in [0.25, 0.3) is 17.0 Å². The maximum Gasteiger partial charge on any atom is 0.343 e. The summed E-state index contributed by atoms with van der Waals surface area (Å²) in [5.41, 5.74) is 2.24. The number of aryl methyl sites for hydroxylation is 1. The van der Waals surface area contributed by atoms with Gasteiger partial charge in [-0.05, 0) is 54.6 Å². The molecule has 0 atom stereocenters. The van der Waals surface area contributed by atoms with E-state index in [-0.39, 0.29) is 28.6 Å². The number of carbonyl (C=O) groups excluding carboxylic acids is 2. The second-order valence-electron chi connectivity index (χ2n) is 7.58. The Morgan fingerprint density at radius 1 is 1.06 bits per heavy atom. The number of ketones is 1. The summed E-state index contributed by atoms with van der Waals surface area (Å²) in [6, 6.07) is 15.5. The van der Waals surface area contributed by atoms with E-state index >= 15 is 0 Å². The number of aromatic nitrogens is 1. The van der Waals surface area contributed by atoms with Gasteiger partial charge in [0.05, 0.1) is 18.2 Å². The Bertz CT molecular complexity index is 1470. The third-order valence-electron chi connectivity index (χ3n) is 5.43. The minimum absolute atomic E-state index is 0.0828. The Morgan fingerprint density at radius 3 is 2.67 bits per heavy atom. The summed E-state index contributed by atoms with van der Waals surface area (Å²) < 4.78 is 31.8. The normalized spacial score (nSPS) is 13.8. The third-order valence-corrected chi connectivity index (χ3v) is 5.43. The Kier molecular flexibility index (Phi) is 4.94. The molecule has 0 saturated heterocycles. The topological polar surface area (TPSA) is 66.8 Å². The molecule has 0 aliphatic carbocycles. The molecule has 1 aliphatic rings. The summed E-state index contributed by atoms with van der Waals surface area (Å²) in [7, 11) is 3.52. The smallest absolute Gasteiger partial charge is 0.343 e. The van der Waals surface area contributed by atoms with Crippen LogP contribution in [0.2, 0.25) is 0 Å². The largest absolute Gasteiger partial charge is 0.497 e. The fourth-order valence-corrected chi connectivity index (χ4v) is 3.80. The van der Waals surface area contributed by atoms with Crippen molar-refractivity contribution in [3.8, 4) is 17.2 Å². The van der Waals surface area contributed by atoms with Gasteiger partial charge in [-0.3, -0.25) is 4.79 Å². The number of methoxy groups -OCH3 is 1. The number of hydrogen-bond acceptors (Lipinski definition) is 5. The van der Waals surface area contributed by atoms with Crippen molar-refractivity contribution in [1.29, 1.82) is 0 Å². The lowest BCUT2D eigenvalue weighted by Gasteiger charge is -2.05. The quantitative estimate of drug-likeness (QED) is 0.248. The summed E-state index contributed by atoms with van der Waals surface area (Å²) in [5, 5.41) is 0.918. The van der Waals surface area contributed by atoms with Crippen molar-refractivity contribution >= 4 is 28.7 Å². The highest BCUT2D eigenvalue weighted by molar-refractivity contribution is 6.15. The van der Waals surface area contributed by atoms with E-state index in [4.69, 9.17) is 14.2 Å². The molecule has 0 fully saturated rings. The zero-order chi connectivity index (χ0) is 23.1. The van der Waals surface area contributed by atoms with Crippen LogP contribution >= 0.6 is 0 Å². The highest BCUT2D eigenvalue weighted by Gasteiger charge is 2.28. The number of fused-ring (bicyclic) bond motifs is 2. The van der Waals surface area contributed by atoms with E-state index in [9.17, 15) is 14.0 Å². The molecule has 0 amide bonds. The van der Waals surface area contributed by atoms with Crippen LogP contribution in [0.15, 0.2) is 72.6 Å². The molecule has 0 saturated carbocycles. The average Bonchev–Trinajstić information content (AvgIpc) is 3.29. The molecule has 4 aromatic rings. The zero-order valence-corrected chi connectivity index (χ0v) is 17.8. The van der Waals surface area contributed by atoms with E-state index in [1.807, 2.05) is 36.0 Å². The molecule has 0 spiro atoms. The molecular formula is C26H18FNO5.